The number of carbonyl (C=O) groups excluding carboxylic acids is 1. The number of aliphatic hydroxyl groups is 1. The Bertz CT molecular complexity index is 399. The van der Waals surface area contributed by atoms with Crippen LogP contribution in [0.2, 0.25) is 0 Å². The Morgan fingerprint density at radius 2 is 2.06 bits per heavy atom. The van der Waals surface area contributed by atoms with Gasteiger partial charge in [0, 0.05) is 13.0 Å². The largest absolute Gasteiger partial charge is 0.461 e. The Hall–Kier alpha value is -1.36. The van der Waals surface area contributed by atoms with E-state index in [1.54, 1.807) is 0 Å². The Labute approximate surface area is 108 Å². The summed E-state index contributed by atoms with van der Waals surface area (Å²) in [7, 11) is 0. The van der Waals surface area contributed by atoms with Crippen molar-refractivity contribution in [1.82, 2.24) is 9.55 Å². The summed E-state index contributed by atoms with van der Waals surface area (Å²) in [6.45, 7) is 6.77. The Morgan fingerprint density at radius 1 is 1.33 bits per heavy atom. The minimum absolute atomic E-state index is 0.236. The zero-order valence-corrected chi connectivity index (χ0v) is 11.4. The lowest BCUT2D eigenvalue weighted by Gasteiger charge is -2.09. The molecule has 0 fully saturated rings. The van der Waals surface area contributed by atoms with Gasteiger partial charge < -0.3 is 14.4 Å². The van der Waals surface area contributed by atoms with Crippen LogP contribution in [0.3, 0.4) is 0 Å². The fraction of sp³-hybridized carbons (Fsp3) is 0.692. The molecule has 0 saturated heterocycles. The van der Waals surface area contributed by atoms with E-state index in [1.807, 2.05) is 18.4 Å². The molecule has 102 valence electrons. The van der Waals surface area contributed by atoms with Gasteiger partial charge in [0.15, 0.2) is 5.69 Å². The maximum absolute atomic E-state index is 12.0. The van der Waals surface area contributed by atoms with E-state index in [4.69, 9.17) is 4.74 Å². The Kier molecular flexibility index (Phi) is 5.85. The number of nitrogens with zero attached hydrogens (tertiary/aromatic N) is 2. The van der Waals surface area contributed by atoms with E-state index in [0.29, 0.717) is 24.5 Å². The van der Waals surface area contributed by atoms with Crippen LogP contribution in [0.1, 0.15) is 55.6 Å². The lowest BCUT2D eigenvalue weighted by atomic mass is 10.3. The third-order valence-corrected chi connectivity index (χ3v) is 2.69. The van der Waals surface area contributed by atoms with Crippen LogP contribution in [-0.4, -0.2) is 27.2 Å². The van der Waals surface area contributed by atoms with Crippen molar-refractivity contribution >= 4 is 5.97 Å². The van der Waals surface area contributed by atoms with Crippen molar-refractivity contribution in [2.45, 2.75) is 53.2 Å². The van der Waals surface area contributed by atoms with Gasteiger partial charge in [0.25, 0.3) is 0 Å². The molecule has 18 heavy (non-hydrogen) atoms. The number of aryl methyl sites for hydroxylation is 1. The molecule has 1 heterocycles. The lowest BCUT2D eigenvalue weighted by molar-refractivity contribution is 0.0488. The number of aliphatic hydroxyl groups excluding tert-OH is 1. The fourth-order valence-corrected chi connectivity index (χ4v) is 1.91. The summed E-state index contributed by atoms with van der Waals surface area (Å²) in [5.74, 6) is 0.449. The number of aromatic nitrogens is 2. The van der Waals surface area contributed by atoms with Crippen LogP contribution in [0.15, 0.2) is 0 Å². The van der Waals surface area contributed by atoms with E-state index >= 15 is 0 Å². The molecule has 1 rings (SSSR count). The van der Waals surface area contributed by atoms with E-state index in [9.17, 15) is 9.90 Å². The normalized spacial score (nSPS) is 10.7. The predicted octanol–water partition coefficient (Wildman–Crippen LogP) is 1.91. The van der Waals surface area contributed by atoms with Gasteiger partial charge in [-0.25, -0.2) is 9.78 Å². The van der Waals surface area contributed by atoms with Crippen LogP contribution in [0.25, 0.3) is 0 Å². The summed E-state index contributed by atoms with van der Waals surface area (Å²) in [4.78, 5) is 16.3. The predicted molar refractivity (Wildman–Crippen MR) is 68.4 cm³/mol. The first-order valence-corrected chi connectivity index (χ1v) is 6.55. The molecule has 0 bridgehead atoms. The smallest absolute Gasteiger partial charge is 0.357 e. The first kappa shape index (κ1) is 14.7. The van der Waals surface area contributed by atoms with E-state index < -0.39 is 5.97 Å². The average molecular weight is 254 g/mol. The number of hydrogen-bond donors (Lipinski definition) is 1. The van der Waals surface area contributed by atoms with Gasteiger partial charge in [0.1, 0.15) is 5.82 Å². The zero-order valence-electron chi connectivity index (χ0n) is 11.4. The molecule has 0 saturated carbocycles. The van der Waals surface area contributed by atoms with Gasteiger partial charge in [-0.15, -0.1) is 0 Å². The highest BCUT2D eigenvalue weighted by atomic mass is 16.5. The summed E-state index contributed by atoms with van der Waals surface area (Å²) < 4.78 is 6.98. The molecule has 0 aliphatic heterocycles. The van der Waals surface area contributed by atoms with Crippen LogP contribution in [-0.2, 0) is 24.3 Å². The highest BCUT2D eigenvalue weighted by molar-refractivity contribution is 5.89. The quantitative estimate of drug-likeness (QED) is 0.755. The van der Waals surface area contributed by atoms with Gasteiger partial charge in [-0.1, -0.05) is 13.8 Å². The molecule has 1 aromatic heterocycles. The minimum Gasteiger partial charge on any atom is -0.461 e. The summed E-state index contributed by atoms with van der Waals surface area (Å²) in [5, 5.41) is 9.31. The molecule has 5 nitrogen and oxygen atoms in total. The molecule has 5 heteroatoms. The fourth-order valence-electron chi connectivity index (χ4n) is 1.91. The van der Waals surface area contributed by atoms with Crippen LogP contribution < -0.4 is 0 Å². The van der Waals surface area contributed by atoms with Crippen molar-refractivity contribution in [2.75, 3.05) is 6.61 Å². The van der Waals surface area contributed by atoms with Crippen LogP contribution in [0.5, 0.6) is 0 Å². The second kappa shape index (κ2) is 7.16. The molecule has 0 aliphatic carbocycles. The van der Waals surface area contributed by atoms with Gasteiger partial charge >= 0.3 is 5.97 Å². The van der Waals surface area contributed by atoms with Crippen LogP contribution in [0, 0.1) is 0 Å². The second-order valence-electron chi connectivity index (χ2n) is 4.11. The van der Waals surface area contributed by atoms with Gasteiger partial charge in [0.05, 0.1) is 18.9 Å². The summed E-state index contributed by atoms with van der Waals surface area (Å²) >= 11 is 0. The Balaban J connectivity index is 3.09. The third kappa shape index (κ3) is 3.10. The standard InChI is InChI=1S/C13H22N2O3/c1-4-7-11-14-10(9-16)12(15(11)6-3)13(17)18-8-5-2/h16H,4-9H2,1-3H3. The number of carbonyl (C=O) groups is 1. The topological polar surface area (TPSA) is 64.3 Å². The minimum atomic E-state index is -0.391. The molecule has 1 N–H and O–H groups in total. The van der Waals surface area contributed by atoms with E-state index in [2.05, 4.69) is 11.9 Å². The van der Waals surface area contributed by atoms with E-state index in [-0.39, 0.29) is 6.61 Å². The first-order chi connectivity index (χ1) is 8.69. The van der Waals surface area contributed by atoms with Crippen LogP contribution >= 0.6 is 0 Å². The summed E-state index contributed by atoms with van der Waals surface area (Å²) in [5.41, 5.74) is 0.818. The van der Waals surface area contributed by atoms with Crippen molar-refractivity contribution in [3.63, 3.8) is 0 Å². The number of ether oxygens (including phenoxy) is 1. The van der Waals surface area contributed by atoms with Crippen LogP contribution in [0.4, 0.5) is 0 Å². The number of rotatable bonds is 7. The second-order valence-corrected chi connectivity index (χ2v) is 4.11. The van der Waals surface area contributed by atoms with Gasteiger partial charge in [0.2, 0.25) is 0 Å². The molecule has 1 aromatic rings. The molecular weight excluding hydrogens is 232 g/mol. The van der Waals surface area contributed by atoms with Gasteiger partial charge in [-0.3, -0.25) is 0 Å². The number of imidazole rings is 1. The molecule has 0 aliphatic rings. The van der Waals surface area contributed by atoms with Crippen molar-refractivity contribution in [2.24, 2.45) is 0 Å². The molecular formula is C13H22N2O3. The highest BCUT2D eigenvalue weighted by Crippen LogP contribution is 2.15. The molecule has 0 spiro atoms. The van der Waals surface area contributed by atoms with Gasteiger partial charge in [-0.05, 0) is 19.8 Å². The van der Waals surface area contributed by atoms with Crippen molar-refractivity contribution < 1.29 is 14.6 Å². The van der Waals surface area contributed by atoms with Crippen molar-refractivity contribution in [1.29, 1.82) is 0 Å². The third-order valence-electron chi connectivity index (χ3n) is 2.69. The molecule has 0 atom stereocenters. The molecule has 0 radical (unpaired) electrons. The maximum Gasteiger partial charge on any atom is 0.357 e. The van der Waals surface area contributed by atoms with Gasteiger partial charge in [-0.2, -0.15) is 0 Å². The summed E-state index contributed by atoms with van der Waals surface area (Å²) in [6, 6.07) is 0. The zero-order chi connectivity index (χ0) is 13.5. The molecule has 0 amide bonds. The Morgan fingerprint density at radius 3 is 2.56 bits per heavy atom. The lowest BCUT2D eigenvalue weighted by Crippen LogP contribution is -2.15. The molecule has 0 aromatic carbocycles. The SMILES string of the molecule is CCCOC(=O)c1c(CO)nc(CCC)n1CC. The van der Waals surface area contributed by atoms with Crippen molar-refractivity contribution in [3.05, 3.63) is 17.2 Å². The van der Waals surface area contributed by atoms with E-state index in [1.165, 1.54) is 0 Å². The van der Waals surface area contributed by atoms with Crippen molar-refractivity contribution in [3.8, 4) is 0 Å². The first-order valence-electron chi connectivity index (χ1n) is 6.55. The summed E-state index contributed by atoms with van der Waals surface area (Å²) in [6.07, 6.45) is 2.52. The molecule has 0 unspecified atom stereocenters. The number of esters is 1. The average Bonchev–Trinajstić information content (AvgIpc) is 2.74. The number of hydrogen-bond acceptors (Lipinski definition) is 4. The highest BCUT2D eigenvalue weighted by Gasteiger charge is 2.22. The maximum atomic E-state index is 12.0. The van der Waals surface area contributed by atoms with E-state index in [0.717, 1.165) is 25.1 Å². The monoisotopic (exact) mass is 254 g/mol.